The summed E-state index contributed by atoms with van der Waals surface area (Å²) in [5.74, 6) is 1.69. The Morgan fingerprint density at radius 3 is 3.12 bits per heavy atom. The van der Waals surface area contributed by atoms with Crippen LogP contribution in [0.3, 0.4) is 0 Å². The summed E-state index contributed by atoms with van der Waals surface area (Å²) in [5, 5.41) is 3.32. The average molecular weight is 223 g/mol. The quantitative estimate of drug-likeness (QED) is 0.822. The molecule has 2 rings (SSSR count). The van der Waals surface area contributed by atoms with E-state index in [1.165, 1.54) is 0 Å². The molecule has 88 valence electrons. The largest absolute Gasteiger partial charge is 0.454 e. The summed E-state index contributed by atoms with van der Waals surface area (Å²) in [4.78, 5) is 0. The van der Waals surface area contributed by atoms with Gasteiger partial charge in [-0.25, -0.2) is 0 Å². The van der Waals surface area contributed by atoms with E-state index >= 15 is 0 Å². The number of hydrogen-bond acceptors (Lipinski definition) is 4. The molecule has 0 aromatic heterocycles. The Hall–Kier alpha value is -1.26. The van der Waals surface area contributed by atoms with Crippen molar-refractivity contribution >= 4 is 0 Å². The smallest absolute Gasteiger partial charge is 0.231 e. The molecule has 4 nitrogen and oxygen atoms in total. The van der Waals surface area contributed by atoms with E-state index in [9.17, 15) is 0 Å². The second-order valence-corrected chi connectivity index (χ2v) is 3.83. The van der Waals surface area contributed by atoms with Crippen LogP contribution in [0.15, 0.2) is 18.2 Å². The molecule has 4 heteroatoms. The van der Waals surface area contributed by atoms with E-state index < -0.39 is 0 Å². The number of ether oxygens (including phenoxy) is 3. The van der Waals surface area contributed by atoms with Gasteiger partial charge in [0.2, 0.25) is 6.79 Å². The van der Waals surface area contributed by atoms with E-state index in [4.69, 9.17) is 14.2 Å². The molecular weight excluding hydrogens is 206 g/mol. The summed E-state index contributed by atoms with van der Waals surface area (Å²) < 4.78 is 15.9. The lowest BCUT2D eigenvalue weighted by atomic mass is 10.2. The Morgan fingerprint density at radius 1 is 1.44 bits per heavy atom. The van der Waals surface area contributed by atoms with Crippen molar-refractivity contribution in [3.8, 4) is 11.5 Å². The summed E-state index contributed by atoms with van der Waals surface area (Å²) in [6.45, 7) is 3.93. The fraction of sp³-hybridized carbons (Fsp3) is 0.500. The lowest BCUT2D eigenvalue weighted by molar-refractivity contribution is 0.117. The summed E-state index contributed by atoms with van der Waals surface area (Å²) in [5.41, 5.74) is 1.12. The molecule has 0 saturated heterocycles. The lowest BCUT2D eigenvalue weighted by Crippen LogP contribution is -2.25. The first-order valence-electron chi connectivity index (χ1n) is 5.42. The number of fused-ring (bicyclic) bond motifs is 1. The van der Waals surface area contributed by atoms with Gasteiger partial charge in [0.1, 0.15) is 0 Å². The van der Waals surface area contributed by atoms with Crippen LogP contribution in [0.2, 0.25) is 0 Å². The average Bonchev–Trinajstić information content (AvgIpc) is 2.77. The zero-order chi connectivity index (χ0) is 11.4. The number of hydrogen-bond donors (Lipinski definition) is 1. The van der Waals surface area contributed by atoms with Crippen molar-refractivity contribution in [2.45, 2.75) is 19.6 Å². The highest BCUT2D eigenvalue weighted by Crippen LogP contribution is 2.35. The van der Waals surface area contributed by atoms with Gasteiger partial charge in [-0.3, -0.25) is 0 Å². The van der Waals surface area contributed by atoms with Crippen LogP contribution in [0, 0.1) is 0 Å². The predicted octanol–water partition coefficient (Wildman–Crippen LogP) is 1.54. The molecule has 0 amide bonds. The number of nitrogens with one attached hydrogen (secondary N) is 1. The summed E-state index contributed by atoms with van der Waals surface area (Å²) in [6.07, 6.45) is 0.217. The van der Waals surface area contributed by atoms with Crippen LogP contribution in [0.5, 0.6) is 11.5 Å². The van der Waals surface area contributed by atoms with Crippen molar-refractivity contribution in [1.82, 2.24) is 5.32 Å². The molecule has 16 heavy (non-hydrogen) atoms. The summed E-state index contributed by atoms with van der Waals surface area (Å²) in [7, 11) is 1.71. The topological polar surface area (TPSA) is 39.7 Å². The Labute approximate surface area is 95.5 Å². The SMILES string of the molecule is COC(C)CNCc1cccc2c1OCO2. The predicted molar refractivity (Wildman–Crippen MR) is 60.7 cm³/mol. The minimum atomic E-state index is 0.217. The Morgan fingerprint density at radius 2 is 2.31 bits per heavy atom. The van der Waals surface area contributed by atoms with Crippen molar-refractivity contribution in [3.63, 3.8) is 0 Å². The summed E-state index contributed by atoms with van der Waals surface area (Å²) >= 11 is 0. The molecule has 1 atom stereocenters. The van der Waals surface area contributed by atoms with Crippen LogP contribution in [0.4, 0.5) is 0 Å². The first-order valence-corrected chi connectivity index (χ1v) is 5.42. The van der Waals surface area contributed by atoms with Crippen LogP contribution in [-0.2, 0) is 11.3 Å². The van der Waals surface area contributed by atoms with Crippen molar-refractivity contribution in [3.05, 3.63) is 23.8 Å². The minimum absolute atomic E-state index is 0.217. The van der Waals surface area contributed by atoms with Gasteiger partial charge < -0.3 is 19.5 Å². The molecule has 1 heterocycles. The van der Waals surface area contributed by atoms with E-state index in [1.807, 2.05) is 25.1 Å². The molecule has 0 aliphatic carbocycles. The van der Waals surface area contributed by atoms with Gasteiger partial charge in [-0.2, -0.15) is 0 Å². The molecule has 0 bridgehead atoms. The first-order chi connectivity index (χ1) is 7.81. The maximum atomic E-state index is 5.42. The van der Waals surface area contributed by atoms with Gasteiger partial charge in [0, 0.05) is 25.8 Å². The molecule has 0 saturated carbocycles. The van der Waals surface area contributed by atoms with Crippen LogP contribution < -0.4 is 14.8 Å². The highest BCUT2D eigenvalue weighted by molar-refractivity contribution is 5.48. The third-order valence-corrected chi connectivity index (χ3v) is 2.63. The number of benzene rings is 1. The van der Waals surface area contributed by atoms with E-state index in [1.54, 1.807) is 7.11 Å². The van der Waals surface area contributed by atoms with Crippen LogP contribution in [0.1, 0.15) is 12.5 Å². The molecule has 1 unspecified atom stereocenters. The Kier molecular flexibility index (Phi) is 3.64. The van der Waals surface area contributed by atoms with Gasteiger partial charge >= 0.3 is 0 Å². The first kappa shape index (κ1) is 11.2. The number of para-hydroxylation sites is 1. The maximum Gasteiger partial charge on any atom is 0.231 e. The molecular formula is C12H17NO3. The lowest BCUT2D eigenvalue weighted by Gasteiger charge is -2.11. The van der Waals surface area contributed by atoms with Crippen molar-refractivity contribution in [2.24, 2.45) is 0 Å². The zero-order valence-electron chi connectivity index (χ0n) is 9.66. The van der Waals surface area contributed by atoms with Gasteiger partial charge in [-0.1, -0.05) is 12.1 Å². The van der Waals surface area contributed by atoms with Gasteiger partial charge in [-0.15, -0.1) is 0 Å². The van der Waals surface area contributed by atoms with Gasteiger partial charge in [-0.05, 0) is 13.0 Å². The number of rotatable bonds is 5. The molecule has 1 aromatic carbocycles. The highest BCUT2D eigenvalue weighted by atomic mass is 16.7. The minimum Gasteiger partial charge on any atom is -0.454 e. The van der Waals surface area contributed by atoms with Gasteiger partial charge in [0.25, 0.3) is 0 Å². The van der Waals surface area contributed by atoms with Gasteiger partial charge in [0.05, 0.1) is 6.10 Å². The number of methoxy groups -OCH3 is 1. The third-order valence-electron chi connectivity index (χ3n) is 2.63. The molecule has 0 radical (unpaired) electrons. The molecule has 0 spiro atoms. The second kappa shape index (κ2) is 5.18. The molecule has 0 fully saturated rings. The second-order valence-electron chi connectivity index (χ2n) is 3.83. The van der Waals surface area contributed by atoms with Gasteiger partial charge in [0.15, 0.2) is 11.5 Å². The Bertz CT molecular complexity index is 354. The van der Waals surface area contributed by atoms with Crippen LogP contribution in [0.25, 0.3) is 0 Å². The summed E-state index contributed by atoms with van der Waals surface area (Å²) in [6, 6.07) is 5.94. The van der Waals surface area contributed by atoms with E-state index in [0.29, 0.717) is 6.79 Å². The van der Waals surface area contributed by atoms with Crippen molar-refractivity contribution < 1.29 is 14.2 Å². The standard InChI is InChI=1S/C12H17NO3/c1-9(14-2)6-13-7-10-4-3-5-11-12(10)16-8-15-11/h3-5,9,13H,6-8H2,1-2H3. The van der Waals surface area contributed by atoms with E-state index in [-0.39, 0.29) is 6.10 Å². The normalized spacial score (nSPS) is 15.1. The van der Waals surface area contributed by atoms with Crippen LogP contribution >= 0.6 is 0 Å². The molecule has 1 aromatic rings. The van der Waals surface area contributed by atoms with Crippen LogP contribution in [-0.4, -0.2) is 26.6 Å². The molecule has 1 N–H and O–H groups in total. The molecule has 1 aliphatic rings. The molecule has 1 aliphatic heterocycles. The monoisotopic (exact) mass is 223 g/mol. The van der Waals surface area contributed by atoms with E-state index in [0.717, 1.165) is 30.2 Å². The van der Waals surface area contributed by atoms with Crippen molar-refractivity contribution in [2.75, 3.05) is 20.4 Å². The maximum absolute atomic E-state index is 5.42. The zero-order valence-corrected chi connectivity index (χ0v) is 9.66. The Balaban J connectivity index is 1.92. The van der Waals surface area contributed by atoms with Crippen molar-refractivity contribution in [1.29, 1.82) is 0 Å². The highest BCUT2D eigenvalue weighted by Gasteiger charge is 2.16. The van der Waals surface area contributed by atoms with E-state index in [2.05, 4.69) is 5.32 Å². The fourth-order valence-electron chi connectivity index (χ4n) is 1.62. The fourth-order valence-corrected chi connectivity index (χ4v) is 1.62. The third kappa shape index (κ3) is 2.46.